The second-order valence-corrected chi connectivity index (χ2v) is 4.56. The van der Waals surface area contributed by atoms with E-state index >= 15 is 0 Å². The molecule has 4 heteroatoms. The zero-order valence-corrected chi connectivity index (χ0v) is 10.8. The summed E-state index contributed by atoms with van der Waals surface area (Å²) in [4.78, 5) is 11.5. The van der Waals surface area contributed by atoms with Gasteiger partial charge in [0.25, 0.3) is 0 Å². The number of carbonyl (C=O) groups is 1. The van der Waals surface area contributed by atoms with E-state index in [9.17, 15) is 4.79 Å². The van der Waals surface area contributed by atoms with E-state index in [-0.39, 0.29) is 11.9 Å². The number of hydrogen-bond donors (Lipinski definition) is 2. The van der Waals surface area contributed by atoms with Crippen LogP contribution in [-0.4, -0.2) is 18.5 Å². The molecule has 1 aromatic carbocycles. The zero-order valence-electron chi connectivity index (χ0n) is 10.1. The van der Waals surface area contributed by atoms with Gasteiger partial charge >= 0.3 is 0 Å². The van der Waals surface area contributed by atoms with Gasteiger partial charge in [-0.25, -0.2) is 0 Å². The van der Waals surface area contributed by atoms with Gasteiger partial charge in [0, 0.05) is 17.5 Å². The molecule has 94 valence electrons. The van der Waals surface area contributed by atoms with Crippen LogP contribution in [0.3, 0.4) is 0 Å². The van der Waals surface area contributed by atoms with Crippen LogP contribution in [0.4, 0.5) is 0 Å². The van der Waals surface area contributed by atoms with Crippen LogP contribution >= 0.6 is 11.6 Å². The number of benzene rings is 1. The molecule has 0 bridgehead atoms. The third-order valence-electron chi connectivity index (χ3n) is 2.50. The molecule has 0 aliphatic heterocycles. The molecule has 0 aromatic heterocycles. The molecule has 1 unspecified atom stereocenters. The average Bonchev–Trinajstić information content (AvgIpc) is 2.29. The van der Waals surface area contributed by atoms with E-state index in [0.29, 0.717) is 13.0 Å². The third-order valence-corrected chi connectivity index (χ3v) is 2.87. The highest BCUT2D eigenvalue weighted by Gasteiger charge is 2.09. The Morgan fingerprint density at radius 1 is 1.47 bits per heavy atom. The van der Waals surface area contributed by atoms with Crippen LogP contribution in [0.1, 0.15) is 25.3 Å². The second-order valence-electron chi connectivity index (χ2n) is 4.16. The zero-order chi connectivity index (χ0) is 12.7. The van der Waals surface area contributed by atoms with E-state index in [1.165, 1.54) is 0 Å². The molecule has 0 spiro atoms. The Labute approximate surface area is 107 Å². The fraction of sp³-hybridized carbons (Fsp3) is 0.462. The minimum atomic E-state index is 0.0509. The quantitative estimate of drug-likeness (QED) is 0.817. The summed E-state index contributed by atoms with van der Waals surface area (Å²) in [5.41, 5.74) is 6.41. The standard InChI is InChI=1S/C13H19ClN2O/c1-10(16-13(17)7-4-8-15)9-11-5-2-3-6-12(11)14/h2-3,5-6,10H,4,7-9,15H2,1H3,(H,16,17). The van der Waals surface area contributed by atoms with Crippen LogP contribution in [0.2, 0.25) is 5.02 Å². The number of nitrogens with two attached hydrogens (primary N) is 1. The number of hydrogen-bond acceptors (Lipinski definition) is 2. The van der Waals surface area contributed by atoms with Crippen molar-refractivity contribution in [2.75, 3.05) is 6.54 Å². The summed E-state index contributed by atoms with van der Waals surface area (Å²) in [6, 6.07) is 7.77. The lowest BCUT2D eigenvalue weighted by Gasteiger charge is -2.14. The molecule has 3 N–H and O–H groups in total. The van der Waals surface area contributed by atoms with Crippen LogP contribution in [0.25, 0.3) is 0 Å². The summed E-state index contributed by atoms with van der Waals surface area (Å²) in [5, 5.41) is 3.68. The number of nitrogens with one attached hydrogen (secondary N) is 1. The van der Waals surface area contributed by atoms with Gasteiger partial charge in [-0.05, 0) is 37.9 Å². The first-order valence-corrected chi connectivity index (χ1v) is 6.24. The van der Waals surface area contributed by atoms with Crippen LogP contribution in [-0.2, 0) is 11.2 Å². The topological polar surface area (TPSA) is 55.1 Å². The van der Waals surface area contributed by atoms with Crippen molar-refractivity contribution in [2.24, 2.45) is 5.73 Å². The predicted molar refractivity (Wildman–Crippen MR) is 71.0 cm³/mol. The van der Waals surface area contributed by atoms with Crippen LogP contribution in [0, 0.1) is 0 Å². The maximum atomic E-state index is 11.5. The van der Waals surface area contributed by atoms with Gasteiger partial charge in [0.2, 0.25) is 5.91 Å². The fourth-order valence-electron chi connectivity index (χ4n) is 1.65. The molecule has 3 nitrogen and oxygen atoms in total. The summed E-state index contributed by atoms with van der Waals surface area (Å²) < 4.78 is 0. The molecule has 0 saturated carbocycles. The molecule has 1 atom stereocenters. The van der Waals surface area contributed by atoms with Gasteiger partial charge in [-0.1, -0.05) is 29.8 Å². The van der Waals surface area contributed by atoms with E-state index in [4.69, 9.17) is 17.3 Å². The third kappa shape index (κ3) is 5.20. The Hall–Kier alpha value is -1.06. The van der Waals surface area contributed by atoms with Crippen molar-refractivity contribution in [2.45, 2.75) is 32.2 Å². The van der Waals surface area contributed by atoms with Gasteiger partial charge in [0.15, 0.2) is 0 Å². The molecule has 0 heterocycles. The van der Waals surface area contributed by atoms with Gasteiger partial charge in [-0.3, -0.25) is 4.79 Å². The summed E-state index contributed by atoms with van der Waals surface area (Å²) in [7, 11) is 0. The predicted octanol–water partition coefficient (Wildman–Crippen LogP) is 2.13. The van der Waals surface area contributed by atoms with Gasteiger partial charge in [-0.2, -0.15) is 0 Å². The molecular formula is C13H19ClN2O. The summed E-state index contributed by atoms with van der Waals surface area (Å²) in [5.74, 6) is 0.0509. The average molecular weight is 255 g/mol. The minimum absolute atomic E-state index is 0.0509. The van der Waals surface area contributed by atoms with Crippen molar-refractivity contribution in [3.8, 4) is 0 Å². The van der Waals surface area contributed by atoms with Gasteiger partial charge in [0.05, 0.1) is 0 Å². The normalized spacial score (nSPS) is 12.2. The van der Waals surface area contributed by atoms with Crippen molar-refractivity contribution in [1.82, 2.24) is 5.32 Å². The van der Waals surface area contributed by atoms with Crippen molar-refractivity contribution >= 4 is 17.5 Å². The van der Waals surface area contributed by atoms with E-state index in [1.54, 1.807) is 0 Å². The molecule has 1 amide bonds. The SMILES string of the molecule is CC(Cc1ccccc1Cl)NC(=O)CCCN. The van der Waals surface area contributed by atoms with Crippen LogP contribution in [0.15, 0.2) is 24.3 Å². The first-order chi connectivity index (χ1) is 8.13. The molecule has 1 aromatic rings. The molecule has 0 saturated heterocycles. The summed E-state index contributed by atoms with van der Waals surface area (Å²) >= 11 is 6.06. The second kappa shape index (κ2) is 7.30. The Balaban J connectivity index is 2.42. The smallest absolute Gasteiger partial charge is 0.220 e. The minimum Gasteiger partial charge on any atom is -0.353 e. The molecule has 1 rings (SSSR count). The largest absolute Gasteiger partial charge is 0.353 e. The lowest BCUT2D eigenvalue weighted by molar-refractivity contribution is -0.121. The molecular weight excluding hydrogens is 236 g/mol. The number of rotatable bonds is 6. The molecule has 0 radical (unpaired) electrons. The van der Waals surface area contributed by atoms with Crippen molar-refractivity contribution in [3.63, 3.8) is 0 Å². The highest BCUT2D eigenvalue weighted by molar-refractivity contribution is 6.31. The Bertz CT molecular complexity index is 368. The first kappa shape index (κ1) is 14.0. The lowest BCUT2D eigenvalue weighted by Crippen LogP contribution is -2.34. The molecule has 0 aliphatic rings. The molecule has 0 aliphatic carbocycles. The monoisotopic (exact) mass is 254 g/mol. The van der Waals surface area contributed by atoms with Gasteiger partial charge < -0.3 is 11.1 Å². The first-order valence-electron chi connectivity index (χ1n) is 5.86. The summed E-state index contributed by atoms with van der Waals surface area (Å²) in [6.07, 6.45) is 1.96. The van der Waals surface area contributed by atoms with Gasteiger partial charge in [0.1, 0.15) is 0 Å². The Kier molecular flexibility index (Phi) is 6.01. The van der Waals surface area contributed by atoms with E-state index < -0.39 is 0 Å². The van der Waals surface area contributed by atoms with Crippen molar-refractivity contribution < 1.29 is 4.79 Å². The highest BCUT2D eigenvalue weighted by atomic mass is 35.5. The van der Waals surface area contributed by atoms with Crippen molar-refractivity contribution in [3.05, 3.63) is 34.9 Å². The van der Waals surface area contributed by atoms with E-state index in [1.807, 2.05) is 31.2 Å². The maximum Gasteiger partial charge on any atom is 0.220 e. The van der Waals surface area contributed by atoms with E-state index in [2.05, 4.69) is 5.32 Å². The Morgan fingerprint density at radius 3 is 2.82 bits per heavy atom. The Morgan fingerprint density at radius 2 is 2.18 bits per heavy atom. The molecule has 17 heavy (non-hydrogen) atoms. The lowest BCUT2D eigenvalue weighted by atomic mass is 10.1. The number of carbonyl (C=O) groups excluding carboxylic acids is 1. The van der Waals surface area contributed by atoms with Crippen molar-refractivity contribution in [1.29, 1.82) is 0 Å². The van der Waals surface area contributed by atoms with Crippen LogP contribution < -0.4 is 11.1 Å². The number of halogens is 1. The van der Waals surface area contributed by atoms with Gasteiger partial charge in [-0.15, -0.1) is 0 Å². The summed E-state index contributed by atoms with van der Waals surface area (Å²) in [6.45, 7) is 2.52. The van der Waals surface area contributed by atoms with E-state index in [0.717, 1.165) is 23.4 Å². The molecule has 0 fully saturated rings. The fourth-order valence-corrected chi connectivity index (χ4v) is 1.87. The number of amides is 1. The van der Waals surface area contributed by atoms with Crippen LogP contribution in [0.5, 0.6) is 0 Å². The highest BCUT2D eigenvalue weighted by Crippen LogP contribution is 2.16. The maximum absolute atomic E-state index is 11.5.